The maximum Gasteiger partial charge on any atom is 0.420 e. The molecule has 152 valence electrons. The summed E-state index contributed by atoms with van der Waals surface area (Å²) in [6.45, 7) is 8.18. The number of hydrogen-bond acceptors (Lipinski definition) is 7. The van der Waals surface area contributed by atoms with Gasteiger partial charge in [0, 0.05) is 13.1 Å². The Balaban J connectivity index is 1.93. The molecule has 1 saturated heterocycles. The van der Waals surface area contributed by atoms with Crippen molar-refractivity contribution in [3.63, 3.8) is 0 Å². The number of pyridine rings is 1. The van der Waals surface area contributed by atoms with Gasteiger partial charge in [-0.15, -0.1) is 11.3 Å². The highest BCUT2D eigenvalue weighted by molar-refractivity contribution is 7.17. The van der Waals surface area contributed by atoms with Gasteiger partial charge < -0.3 is 20.5 Å². The van der Waals surface area contributed by atoms with E-state index < -0.39 is 23.8 Å². The highest BCUT2D eigenvalue weighted by Gasteiger charge is 2.40. The lowest BCUT2D eigenvalue weighted by atomic mass is 9.92. The van der Waals surface area contributed by atoms with Crippen molar-refractivity contribution in [3.05, 3.63) is 17.6 Å². The summed E-state index contributed by atoms with van der Waals surface area (Å²) in [5, 5.41) is 11.7. The van der Waals surface area contributed by atoms with Crippen molar-refractivity contribution < 1.29 is 19.4 Å². The standard InChI is InChI=1S/C19H26N4O4S/c1-11-5-7-22(15-12(20)9-21-13-6-8-28-16(13)15)10-14(11)23(17(24)25)18(26)27-19(2,3)4/h6,8-9,11,14H,5,7,10,20H2,1-4H3,(H,24,25)/t11-,14+/m0/s1. The molecule has 3 rings (SSSR count). The molecule has 0 aliphatic carbocycles. The van der Waals surface area contributed by atoms with Crippen LogP contribution in [0.2, 0.25) is 0 Å². The summed E-state index contributed by atoms with van der Waals surface area (Å²) >= 11 is 1.55. The molecule has 2 aromatic heterocycles. The van der Waals surface area contributed by atoms with Crippen molar-refractivity contribution in [2.75, 3.05) is 23.7 Å². The molecule has 2 amide bonds. The summed E-state index contributed by atoms with van der Waals surface area (Å²) in [5.74, 6) is 0.00163. The molecule has 1 aliphatic heterocycles. The first-order valence-electron chi connectivity index (χ1n) is 9.20. The number of hydrogen-bond donors (Lipinski definition) is 2. The van der Waals surface area contributed by atoms with Gasteiger partial charge in [-0.05, 0) is 44.6 Å². The fraction of sp³-hybridized carbons (Fsp3) is 0.526. The largest absolute Gasteiger partial charge is 0.465 e. The predicted molar refractivity (Wildman–Crippen MR) is 110 cm³/mol. The topological polar surface area (TPSA) is 109 Å². The maximum atomic E-state index is 12.6. The van der Waals surface area contributed by atoms with Crippen LogP contribution in [0.4, 0.5) is 21.0 Å². The SMILES string of the molecule is C[C@H]1CCN(c2c(N)cnc3ccsc23)C[C@H]1N(C(=O)O)C(=O)OC(C)(C)C. The van der Waals surface area contributed by atoms with Crippen LogP contribution in [-0.2, 0) is 4.74 Å². The van der Waals surface area contributed by atoms with E-state index in [0.717, 1.165) is 33.8 Å². The van der Waals surface area contributed by atoms with Gasteiger partial charge in [0.05, 0.1) is 33.8 Å². The zero-order valence-corrected chi connectivity index (χ0v) is 17.3. The Morgan fingerprint density at radius 2 is 2.14 bits per heavy atom. The van der Waals surface area contributed by atoms with Crippen LogP contribution in [0, 0.1) is 5.92 Å². The Morgan fingerprint density at radius 3 is 2.79 bits per heavy atom. The van der Waals surface area contributed by atoms with E-state index in [1.54, 1.807) is 38.3 Å². The van der Waals surface area contributed by atoms with Crippen LogP contribution in [0.5, 0.6) is 0 Å². The number of nitrogen functional groups attached to an aromatic ring is 1. The smallest absolute Gasteiger partial charge is 0.420 e. The van der Waals surface area contributed by atoms with Crippen molar-refractivity contribution in [1.29, 1.82) is 0 Å². The van der Waals surface area contributed by atoms with Crippen LogP contribution in [0.25, 0.3) is 10.2 Å². The van der Waals surface area contributed by atoms with Gasteiger partial charge >= 0.3 is 12.2 Å². The minimum Gasteiger partial charge on any atom is -0.465 e. The Bertz CT molecular complexity index is 892. The van der Waals surface area contributed by atoms with Gasteiger partial charge in [-0.3, -0.25) is 4.98 Å². The van der Waals surface area contributed by atoms with Gasteiger partial charge in [-0.25, -0.2) is 14.5 Å². The summed E-state index contributed by atoms with van der Waals surface area (Å²) in [4.78, 5) is 31.7. The van der Waals surface area contributed by atoms with E-state index in [9.17, 15) is 14.7 Å². The predicted octanol–water partition coefficient (Wildman–Crippen LogP) is 4.01. The van der Waals surface area contributed by atoms with Crippen molar-refractivity contribution in [1.82, 2.24) is 9.88 Å². The number of piperidine rings is 1. The number of carbonyl (C=O) groups is 2. The Labute approximate surface area is 167 Å². The van der Waals surface area contributed by atoms with E-state index in [1.807, 2.05) is 18.4 Å². The molecule has 1 fully saturated rings. The molecule has 2 atom stereocenters. The summed E-state index contributed by atoms with van der Waals surface area (Å²) in [6.07, 6.45) is 0.200. The van der Waals surface area contributed by atoms with Crippen molar-refractivity contribution in [2.24, 2.45) is 5.92 Å². The van der Waals surface area contributed by atoms with Crippen LogP contribution in [-0.4, -0.2) is 51.9 Å². The van der Waals surface area contributed by atoms with Gasteiger partial charge in [-0.1, -0.05) is 6.92 Å². The molecule has 3 N–H and O–H groups in total. The van der Waals surface area contributed by atoms with E-state index >= 15 is 0 Å². The number of imide groups is 1. The Morgan fingerprint density at radius 1 is 1.43 bits per heavy atom. The molecule has 0 bridgehead atoms. The van der Waals surface area contributed by atoms with Crippen LogP contribution in [0.15, 0.2) is 17.6 Å². The number of fused-ring (bicyclic) bond motifs is 1. The van der Waals surface area contributed by atoms with E-state index in [2.05, 4.69) is 9.88 Å². The summed E-state index contributed by atoms with van der Waals surface area (Å²) < 4.78 is 6.31. The number of anilines is 2. The van der Waals surface area contributed by atoms with Gasteiger partial charge in [0.1, 0.15) is 5.60 Å². The van der Waals surface area contributed by atoms with Crippen molar-refractivity contribution in [3.8, 4) is 0 Å². The van der Waals surface area contributed by atoms with E-state index in [1.165, 1.54) is 0 Å². The minimum absolute atomic E-state index is 0.00163. The highest BCUT2D eigenvalue weighted by Crippen LogP contribution is 2.38. The second kappa shape index (κ2) is 7.46. The van der Waals surface area contributed by atoms with Crippen LogP contribution in [0.3, 0.4) is 0 Å². The number of aromatic nitrogens is 1. The Kier molecular flexibility index (Phi) is 5.38. The number of ether oxygens (including phenoxy) is 1. The molecule has 8 nitrogen and oxygen atoms in total. The molecule has 1 aliphatic rings. The molecule has 0 saturated carbocycles. The minimum atomic E-state index is -1.31. The van der Waals surface area contributed by atoms with Gasteiger partial charge in [0.25, 0.3) is 0 Å². The van der Waals surface area contributed by atoms with Crippen LogP contribution >= 0.6 is 11.3 Å². The third kappa shape index (κ3) is 3.99. The molecular formula is C19H26N4O4S. The molecule has 3 heterocycles. The second-order valence-electron chi connectivity index (χ2n) is 8.11. The molecular weight excluding hydrogens is 380 g/mol. The molecule has 28 heavy (non-hydrogen) atoms. The number of carbonyl (C=O) groups excluding carboxylic acids is 1. The summed E-state index contributed by atoms with van der Waals surface area (Å²) in [6, 6.07) is 1.39. The first kappa shape index (κ1) is 20.2. The fourth-order valence-electron chi connectivity index (χ4n) is 3.49. The third-order valence-electron chi connectivity index (χ3n) is 4.84. The number of rotatable bonds is 2. The lowest BCUT2D eigenvalue weighted by Crippen LogP contribution is -2.56. The molecule has 0 radical (unpaired) electrons. The molecule has 0 spiro atoms. The number of nitrogens with zero attached hydrogens (tertiary/aromatic N) is 3. The van der Waals surface area contributed by atoms with Gasteiger partial charge in [0.2, 0.25) is 0 Å². The van der Waals surface area contributed by atoms with Crippen molar-refractivity contribution in [2.45, 2.75) is 45.8 Å². The first-order chi connectivity index (χ1) is 13.1. The lowest BCUT2D eigenvalue weighted by Gasteiger charge is -2.42. The zero-order valence-electron chi connectivity index (χ0n) is 16.5. The summed E-state index contributed by atoms with van der Waals surface area (Å²) in [5.41, 5.74) is 7.69. The Hall–Kier alpha value is -2.55. The monoisotopic (exact) mass is 406 g/mol. The average Bonchev–Trinajstić information content (AvgIpc) is 3.03. The number of amides is 2. The molecule has 0 unspecified atom stereocenters. The van der Waals surface area contributed by atoms with E-state index in [-0.39, 0.29) is 5.92 Å². The van der Waals surface area contributed by atoms with Crippen LogP contribution < -0.4 is 10.6 Å². The maximum absolute atomic E-state index is 12.6. The van der Waals surface area contributed by atoms with E-state index in [4.69, 9.17) is 10.5 Å². The lowest BCUT2D eigenvalue weighted by molar-refractivity contribution is 0.0127. The number of carboxylic acid groups (broad SMARTS) is 1. The molecule has 9 heteroatoms. The van der Waals surface area contributed by atoms with E-state index in [0.29, 0.717) is 12.2 Å². The number of thiophene rings is 1. The van der Waals surface area contributed by atoms with Crippen LogP contribution in [0.1, 0.15) is 34.1 Å². The van der Waals surface area contributed by atoms with Crippen molar-refractivity contribution >= 4 is 45.1 Å². The molecule has 2 aromatic rings. The summed E-state index contributed by atoms with van der Waals surface area (Å²) in [7, 11) is 0. The normalized spacial score (nSPS) is 20.2. The fourth-order valence-corrected chi connectivity index (χ4v) is 4.43. The zero-order chi connectivity index (χ0) is 20.6. The van der Waals surface area contributed by atoms with Gasteiger partial charge in [0.15, 0.2) is 0 Å². The average molecular weight is 407 g/mol. The second-order valence-corrected chi connectivity index (χ2v) is 9.03. The highest BCUT2D eigenvalue weighted by atomic mass is 32.1. The molecule has 0 aromatic carbocycles. The quantitative estimate of drug-likeness (QED) is 0.775. The first-order valence-corrected chi connectivity index (χ1v) is 10.1. The van der Waals surface area contributed by atoms with Gasteiger partial charge in [-0.2, -0.15) is 0 Å². The third-order valence-corrected chi connectivity index (χ3v) is 5.75. The number of nitrogens with two attached hydrogens (primary N) is 1.